The fourth-order valence-electron chi connectivity index (χ4n) is 3.29. The molecule has 2 heterocycles. The Morgan fingerprint density at radius 3 is 2.00 bits per heavy atom. The van der Waals surface area contributed by atoms with Crippen molar-refractivity contribution in [2.24, 2.45) is 5.41 Å². The van der Waals surface area contributed by atoms with Gasteiger partial charge >= 0.3 is 0 Å². The fraction of sp³-hybridized carbons (Fsp3) is 0.389. The molecule has 3 nitrogen and oxygen atoms in total. The second kappa shape index (κ2) is 6.17. The van der Waals surface area contributed by atoms with E-state index in [9.17, 15) is 4.79 Å². The summed E-state index contributed by atoms with van der Waals surface area (Å²) < 4.78 is 0. The van der Waals surface area contributed by atoms with Crippen molar-refractivity contribution < 1.29 is 4.79 Å². The van der Waals surface area contributed by atoms with Gasteiger partial charge in [0.15, 0.2) is 0 Å². The predicted octanol–water partition coefficient (Wildman–Crippen LogP) is 3.39. The molecule has 3 heteroatoms. The predicted molar refractivity (Wildman–Crippen MR) is 81.8 cm³/mol. The fourth-order valence-corrected chi connectivity index (χ4v) is 3.29. The van der Waals surface area contributed by atoms with Crippen molar-refractivity contribution in [3.8, 4) is 0 Å². The minimum absolute atomic E-state index is 0.318. The summed E-state index contributed by atoms with van der Waals surface area (Å²) in [6.07, 6.45) is 8.83. The topological polar surface area (TPSA) is 42.9 Å². The first-order valence-electron chi connectivity index (χ1n) is 7.62. The van der Waals surface area contributed by atoms with E-state index < -0.39 is 0 Å². The Bertz CT molecular complexity index is 554. The third kappa shape index (κ3) is 3.18. The Morgan fingerprint density at radius 1 is 0.905 bits per heavy atom. The van der Waals surface area contributed by atoms with Gasteiger partial charge in [0, 0.05) is 48.5 Å². The highest BCUT2D eigenvalue weighted by Crippen LogP contribution is 2.38. The Hall–Kier alpha value is -2.03. The summed E-state index contributed by atoms with van der Waals surface area (Å²) in [5, 5.41) is 0. The number of carbonyl (C=O) groups excluding carboxylic acids is 1. The molecule has 0 unspecified atom stereocenters. The van der Waals surface area contributed by atoms with Crippen molar-refractivity contribution in [1.29, 1.82) is 0 Å². The maximum absolute atomic E-state index is 12.7. The average molecular weight is 280 g/mol. The maximum Gasteiger partial charge on any atom is 0.139 e. The van der Waals surface area contributed by atoms with Crippen LogP contribution >= 0.6 is 0 Å². The number of Topliss-reactive ketones (excluding diaryl/α,β-unsaturated/α-hetero) is 1. The number of hydrogen-bond acceptors (Lipinski definition) is 3. The lowest BCUT2D eigenvalue weighted by molar-refractivity contribution is -0.131. The van der Waals surface area contributed by atoms with Crippen LogP contribution in [0.3, 0.4) is 0 Å². The molecule has 1 saturated carbocycles. The van der Waals surface area contributed by atoms with Crippen LogP contribution in [0.15, 0.2) is 48.8 Å². The normalized spacial score (nSPS) is 17.6. The lowest BCUT2D eigenvalue weighted by Crippen LogP contribution is -2.39. The van der Waals surface area contributed by atoms with Crippen LogP contribution in [-0.2, 0) is 17.6 Å². The molecule has 2 aromatic heterocycles. The van der Waals surface area contributed by atoms with Gasteiger partial charge in [0.25, 0.3) is 0 Å². The third-order valence-electron chi connectivity index (χ3n) is 4.39. The molecule has 0 spiro atoms. The van der Waals surface area contributed by atoms with E-state index in [-0.39, 0.29) is 5.41 Å². The summed E-state index contributed by atoms with van der Waals surface area (Å²) >= 11 is 0. The number of pyridine rings is 2. The molecule has 0 atom stereocenters. The summed E-state index contributed by atoms with van der Waals surface area (Å²) in [6, 6.07) is 11.8. The van der Waals surface area contributed by atoms with Gasteiger partial charge in [-0.1, -0.05) is 18.6 Å². The molecule has 1 fully saturated rings. The van der Waals surface area contributed by atoms with E-state index in [1.807, 2.05) is 36.4 Å². The second-order valence-electron chi connectivity index (χ2n) is 5.91. The number of ketones is 1. The lowest BCUT2D eigenvalue weighted by Gasteiger charge is -2.35. The molecule has 0 amide bonds. The van der Waals surface area contributed by atoms with Gasteiger partial charge in [0.2, 0.25) is 0 Å². The maximum atomic E-state index is 12.7. The lowest BCUT2D eigenvalue weighted by atomic mass is 9.67. The molecule has 1 aliphatic carbocycles. The van der Waals surface area contributed by atoms with Gasteiger partial charge in [0.05, 0.1) is 0 Å². The largest absolute Gasteiger partial charge is 0.299 e. The van der Waals surface area contributed by atoms with Crippen molar-refractivity contribution in [2.75, 3.05) is 0 Å². The average Bonchev–Trinajstić information content (AvgIpc) is 2.52. The number of hydrogen-bond donors (Lipinski definition) is 0. The molecular formula is C18H20N2O. The first kappa shape index (κ1) is 13.9. The van der Waals surface area contributed by atoms with Crippen LogP contribution < -0.4 is 0 Å². The smallest absolute Gasteiger partial charge is 0.139 e. The summed E-state index contributed by atoms with van der Waals surface area (Å²) in [5.41, 5.74) is 1.69. The van der Waals surface area contributed by atoms with Crippen LogP contribution in [0.25, 0.3) is 0 Å². The van der Waals surface area contributed by atoms with Gasteiger partial charge in [-0.3, -0.25) is 14.8 Å². The van der Waals surface area contributed by atoms with Crippen molar-refractivity contribution in [2.45, 2.75) is 38.5 Å². The van der Waals surface area contributed by atoms with E-state index in [4.69, 9.17) is 0 Å². The van der Waals surface area contributed by atoms with E-state index in [0.29, 0.717) is 12.2 Å². The highest BCUT2D eigenvalue weighted by molar-refractivity contribution is 5.86. The van der Waals surface area contributed by atoms with Gasteiger partial charge in [-0.2, -0.15) is 0 Å². The number of carbonyl (C=O) groups is 1. The zero-order valence-electron chi connectivity index (χ0n) is 12.2. The molecule has 2 aromatic rings. The standard InChI is InChI=1S/C18H20N2O/c21-17-9-1-4-10-18(17,13-15-7-2-5-11-19-15)14-16-8-3-6-12-20-16/h2-3,5-8,11-12H,1,4,9-10,13-14H2. The Morgan fingerprint density at radius 2 is 1.52 bits per heavy atom. The minimum atomic E-state index is -0.318. The summed E-state index contributed by atoms with van der Waals surface area (Å²) in [7, 11) is 0. The van der Waals surface area contributed by atoms with Gasteiger partial charge in [-0.25, -0.2) is 0 Å². The number of nitrogens with zero attached hydrogens (tertiary/aromatic N) is 2. The zero-order chi connectivity index (χ0) is 14.5. The molecule has 0 saturated heterocycles. The molecule has 21 heavy (non-hydrogen) atoms. The first-order valence-corrected chi connectivity index (χ1v) is 7.62. The van der Waals surface area contributed by atoms with Crippen LogP contribution in [-0.4, -0.2) is 15.8 Å². The summed E-state index contributed by atoms with van der Waals surface area (Å²) in [4.78, 5) is 21.5. The van der Waals surface area contributed by atoms with Gasteiger partial charge in [-0.15, -0.1) is 0 Å². The SMILES string of the molecule is O=C1CCCCC1(Cc1ccccn1)Cc1ccccn1. The van der Waals surface area contributed by atoms with E-state index in [1.54, 1.807) is 12.4 Å². The monoisotopic (exact) mass is 280 g/mol. The molecule has 3 rings (SSSR count). The second-order valence-corrected chi connectivity index (χ2v) is 5.91. The molecular weight excluding hydrogens is 260 g/mol. The first-order chi connectivity index (χ1) is 10.3. The zero-order valence-corrected chi connectivity index (χ0v) is 12.2. The van der Waals surface area contributed by atoms with Gasteiger partial charge in [0.1, 0.15) is 5.78 Å². The van der Waals surface area contributed by atoms with E-state index in [1.165, 1.54) is 0 Å². The number of rotatable bonds is 4. The Kier molecular flexibility index (Phi) is 4.09. The summed E-state index contributed by atoms with van der Waals surface area (Å²) in [6.45, 7) is 0. The van der Waals surface area contributed by atoms with E-state index >= 15 is 0 Å². The molecule has 0 radical (unpaired) electrons. The van der Waals surface area contributed by atoms with Crippen LogP contribution in [0.4, 0.5) is 0 Å². The Balaban J connectivity index is 1.89. The van der Waals surface area contributed by atoms with Crippen LogP contribution in [0.1, 0.15) is 37.1 Å². The quantitative estimate of drug-likeness (QED) is 0.862. The molecule has 0 aliphatic heterocycles. The molecule has 108 valence electrons. The number of aromatic nitrogens is 2. The van der Waals surface area contributed by atoms with E-state index in [2.05, 4.69) is 9.97 Å². The van der Waals surface area contributed by atoms with Crippen molar-refractivity contribution in [3.63, 3.8) is 0 Å². The van der Waals surface area contributed by atoms with Crippen molar-refractivity contribution in [1.82, 2.24) is 9.97 Å². The Labute approximate surface area is 125 Å². The highest BCUT2D eigenvalue weighted by Gasteiger charge is 2.40. The van der Waals surface area contributed by atoms with Crippen molar-refractivity contribution >= 4 is 5.78 Å². The van der Waals surface area contributed by atoms with Crippen LogP contribution in [0, 0.1) is 5.41 Å². The van der Waals surface area contributed by atoms with Gasteiger partial charge in [-0.05, 0) is 37.1 Å². The highest BCUT2D eigenvalue weighted by atomic mass is 16.1. The minimum Gasteiger partial charge on any atom is -0.299 e. The summed E-state index contributed by atoms with van der Waals surface area (Å²) in [5.74, 6) is 0.380. The molecule has 0 aromatic carbocycles. The van der Waals surface area contributed by atoms with Crippen molar-refractivity contribution in [3.05, 3.63) is 60.2 Å². The van der Waals surface area contributed by atoms with E-state index in [0.717, 1.165) is 43.5 Å². The van der Waals surface area contributed by atoms with Gasteiger partial charge < -0.3 is 0 Å². The molecule has 0 N–H and O–H groups in total. The molecule has 1 aliphatic rings. The third-order valence-corrected chi connectivity index (χ3v) is 4.39. The van der Waals surface area contributed by atoms with Crippen LogP contribution in [0.5, 0.6) is 0 Å². The molecule has 0 bridgehead atoms. The van der Waals surface area contributed by atoms with Crippen LogP contribution in [0.2, 0.25) is 0 Å².